The lowest BCUT2D eigenvalue weighted by atomic mass is 9.80. The average molecular weight is 617 g/mol. The fourth-order valence-electron chi connectivity index (χ4n) is 3.94. The van der Waals surface area contributed by atoms with Crippen molar-refractivity contribution in [1.29, 1.82) is 0 Å². The van der Waals surface area contributed by atoms with Crippen molar-refractivity contribution in [3.8, 4) is 11.5 Å². The molecule has 3 aromatic carbocycles. The van der Waals surface area contributed by atoms with Crippen LogP contribution in [0.2, 0.25) is 0 Å². The maximum atomic E-state index is 12.7. The molecule has 0 saturated heterocycles. The summed E-state index contributed by atoms with van der Waals surface area (Å²) in [6, 6.07) is 23.6. The molecule has 0 heterocycles. The van der Waals surface area contributed by atoms with Gasteiger partial charge < -0.3 is 28.9 Å². The second-order valence-electron chi connectivity index (χ2n) is 8.38. The van der Waals surface area contributed by atoms with Crippen LogP contribution in [0, 0.1) is 0 Å². The van der Waals surface area contributed by atoms with Gasteiger partial charge in [0.15, 0.2) is 9.84 Å². The van der Waals surface area contributed by atoms with E-state index in [-0.39, 0.29) is 6.61 Å². The van der Waals surface area contributed by atoms with E-state index in [1.165, 1.54) is 0 Å². The standard InChI is InChI=1S/C25H30O12P2S/c1-33-23-12-8-21(9-13-23)25(20-6-4-3-5-7-20,22-10-14-24(34-2)15-11-22)35-16-18-40(31,32)19-17-36-39(29,30)37-38(26,27)28/h3-15H,16-19H2,1-2H3,(H,29,30)(H2,26,27,28). The third kappa shape index (κ3) is 8.71. The van der Waals surface area contributed by atoms with Crippen molar-refractivity contribution in [2.24, 2.45) is 0 Å². The minimum absolute atomic E-state index is 0.287. The summed E-state index contributed by atoms with van der Waals surface area (Å²) in [6.45, 7) is -1.12. The Morgan fingerprint density at radius 3 is 1.60 bits per heavy atom. The van der Waals surface area contributed by atoms with Crippen molar-refractivity contribution in [1.82, 2.24) is 0 Å². The first-order valence-electron chi connectivity index (χ1n) is 11.7. The van der Waals surface area contributed by atoms with E-state index in [1.54, 1.807) is 38.5 Å². The molecule has 3 rings (SSSR count). The quantitative estimate of drug-likeness (QED) is 0.167. The van der Waals surface area contributed by atoms with Crippen LogP contribution in [-0.2, 0) is 38.1 Å². The zero-order valence-corrected chi connectivity index (χ0v) is 24.3. The summed E-state index contributed by atoms with van der Waals surface area (Å²) in [6.07, 6.45) is 0. The van der Waals surface area contributed by atoms with E-state index >= 15 is 0 Å². The number of ether oxygens (including phenoxy) is 3. The molecule has 15 heteroatoms. The van der Waals surface area contributed by atoms with Crippen LogP contribution in [0.5, 0.6) is 11.5 Å². The number of methoxy groups -OCH3 is 2. The van der Waals surface area contributed by atoms with Gasteiger partial charge in [-0.1, -0.05) is 54.6 Å². The molecule has 0 aliphatic heterocycles. The number of hydrogen-bond donors (Lipinski definition) is 3. The molecule has 0 aromatic heterocycles. The molecule has 0 spiro atoms. The van der Waals surface area contributed by atoms with E-state index < -0.39 is 49.2 Å². The molecule has 1 unspecified atom stereocenters. The number of rotatable bonds is 15. The third-order valence-corrected chi connectivity index (χ3v) is 9.51. The molecule has 0 saturated carbocycles. The van der Waals surface area contributed by atoms with Gasteiger partial charge in [-0.2, -0.15) is 4.31 Å². The van der Waals surface area contributed by atoms with Crippen molar-refractivity contribution < 1.29 is 55.3 Å². The van der Waals surface area contributed by atoms with E-state index in [2.05, 4.69) is 8.83 Å². The first-order chi connectivity index (χ1) is 18.8. The molecule has 218 valence electrons. The van der Waals surface area contributed by atoms with Crippen LogP contribution in [-0.4, -0.2) is 62.0 Å². The van der Waals surface area contributed by atoms with Gasteiger partial charge in [0, 0.05) is 0 Å². The topological polar surface area (TPSA) is 175 Å². The monoisotopic (exact) mass is 616 g/mol. The van der Waals surface area contributed by atoms with E-state index in [4.69, 9.17) is 24.0 Å². The van der Waals surface area contributed by atoms with Crippen LogP contribution in [0.15, 0.2) is 78.9 Å². The molecule has 1 atom stereocenters. The van der Waals surface area contributed by atoms with E-state index in [0.29, 0.717) is 22.6 Å². The van der Waals surface area contributed by atoms with Crippen LogP contribution in [0.25, 0.3) is 0 Å². The predicted octanol–water partition coefficient (Wildman–Crippen LogP) is 3.65. The van der Waals surface area contributed by atoms with Gasteiger partial charge in [-0.25, -0.2) is 17.5 Å². The second kappa shape index (κ2) is 13.4. The molecule has 3 N–H and O–H groups in total. The Bertz CT molecular complexity index is 1390. The van der Waals surface area contributed by atoms with Gasteiger partial charge in [-0.3, -0.25) is 4.52 Å². The van der Waals surface area contributed by atoms with Gasteiger partial charge in [0.2, 0.25) is 0 Å². The second-order valence-corrected chi connectivity index (χ2v) is 13.5. The van der Waals surface area contributed by atoms with Gasteiger partial charge in [0.05, 0.1) is 38.9 Å². The SMILES string of the molecule is COc1ccc(C(OCCS(=O)(=O)CCOP(=O)(O)OP(=O)(O)O)(c2ccccc2)c2ccc(OC)cc2)cc1. The fraction of sp³-hybridized carbons (Fsp3) is 0.280. The molecular formula is C25H30O12P2S. The maximum Gasteiger partial charge on any atom is 0.481 e. The first-order valence-corrected chi connectivity index (χ1v) is 16.6. The number of benzene rings is 3. The molecule has 0 bridgehead atoms. The molecular weight excluding hydrogens is 586 g/mol. The minimum atomic E-state index is -5.33. The molecule has 40 heavy (non-hydrogen) atoms. The van der Waals surface area contributed by atoms with Crippen molar-refractivity contribution >= 4 is 25.5 Å². The Balaban J connectivity index is 1.89. The lowest BCUT2D eigenvalue weighted by Crippen LogP contribution is -2.35. The molecule has 0 amide bonds. The Morgan fingerprint density at radius 2 is 1.15 bits per heavy atom. The normalized spacial score (nSPS) is 13.9. The highest BCUT2D eigenvalue weighted by Gasteiger charge is 2.38. The number of phosphoric ester groups is 1. The number of sulfone groups is 1. The molecule has 3 aromatic rings. The molecule has 0 aliphatic carbocycles. The maximum absolute atomic E-state index is 12.7. The highest BCUT2D eigenvalue weighted by atomic mass is 32.2. The minimum Gasteiger partial charge on any atom is -0.497 e. The summed E-state index contributed by atoms with van der Waals surface area (Å²) >= 11 is 0. The Hall–Kier alpha value is -2.57. The first kappa shape index (κ1) is 32.0. The Kier molecular flexibility index (Phi) is 10.7. The van der Waals surface area contributed by atoms with Gasteiger partial charge in [-0.15, -0.1) is 0 Å². The summed E-state index contributed by atoms with van der Waals surface area (Å²) in [4.78, 5) is 26.7. The summed E-state index contributed by atoms with van der Waals surface area (Å²) in [5, 5.41) is 0. The zero-order chi connectivity index (χ0) is 29.4. The molecule has 0 aliphatic rings. The van der Waals surface area contributed by atoms with Crippen LogP contribution in [0.4, 0.5) is 0 Å². The van der Waals surface area contributed by atoms with Gasteiger partial charge in [-0.05, 0) is 41.0 Å². The highest BCUT2D eigenvalue weighted by Crippen LogP contribution is 2.57. The van der Waals surface area contributed by atoms with E-state index in [0.717, 1.165) is 5.56 Å². The Labute approximate surface area is 232 Å². The van der Waals surface area contributed by atoms with Crippen molar-refractivity contribution in [3.63, 3.8) is 0 Å². The summed E-state index contributed by atoms with van der Waals surface area (Å²) in [7, 11) is -11.3. The van der Waals surface area contributed by atoms with Crippen molar-refractivity contribution in [3.05, 3.63) is 95.6 Å². The summed E-state index contributed by atoms with van der Waals surface area (Å²) in [5.41, 5.74) is 0.869. The molecule has 0 radical (unpaired) electrons. The Morgan fingerprint density at radius 1 is 0.700 bits per heavy atom. The third-order valence-electron chi connectivity index (χ3n) is 5.74. The highest BCUT2D eigenvalue weighted by molar-refractivity contribution is 7.91. The van der Waals surface area contributed by atoms with E-state index in [9.17, 15) is 22.4 Å². The number of hydrogen-bond acceptors (Lipinski definition) is 9. The van der Waals surface area contributed by atoms with Crippen LogP contribution in [0.1, 0.15) is 16.7 Å². The summed E-state index contributed by atoms with van der Waals surface area (Å²) in [5.74, 6) is 0.0140. The predicted molar refractivity (Wildman–Crippen MR) is 146 cm³/mol. The average Bonchev–Trinajstić information content (AvgIpc) is 2.90. The van der Waals surface area contributed by atoms with Crippen LogP contribution >= 0.6 is 15.6 Å². The number of phosphoric acid groups is 2. The summed E-state index contributed by atoms with van der Waals surface area (Å²) < 4.78 is 72.9. The van der Waals surface area contributed by atoms with E-state index in [1.807, 2.05) is 54.6 Å². The van der Waals surface area contributed by atoms with Gasteiger partial charge in [0.1, 0.15) is 17.1 Å². The van der Waals surface area contributed by atoms with Gasteiger partial charge >= 0.3 is 15.6 Å². The fourth-order valence-corrected chi connectivity index (χ4v) is 6.52. The van der Waals surface area contributed by atoms with Gasteiger partial charge in [0.25, 0.3) is 0 Å². The van der Waals surface area contributed by atoms with Crippen LogP contribution in [0.3, 0.4) is 0 Å². The lowest BCUT2D eigenvalue weighted by molar-refractivity contribution is 0.0227. The zero-order valence-electron chi connectivity index (χ0n) is 21.7. The van der Waals surface area contributed by atoms with Crippen molar-refractivity contribution in [2.75, 3.05) is 38.9 Å². The smallest absolute Gasteiger partial charge is 0.481 e. The molecule has 12 nitrogen and oxygen atoms in total. The van der Waals surface area contributed by atoms with Crippen molar-refractivity contribution in [2.45, 2.75) is 5.60 Å². The molecule has 0 fully saturated rings. The van der Waals surface area contributed by atoms with Crippen LogP contribution < -0.4 is 9.47 Å². The largest absolute Gasteiger partial charge is 0.497 e. The lowest BCUT2D eigenvalue weighted by Gasteiger charge is -2.36.